The van der Waals surface area contributed by atoms with Crippen LogP contribution in [-0.2, 0) is 21.3 Å². The van der Waals surface area contributed by atoms with Gasteiger partial charge >= 0.3 is 0 Å². The maximum absolute atomic E-state index is 13.8. The highest BCUT2D eigenvalue weighted by Gasteiger charge is 2.19. The topological polar surface area (TPSA) is 67.4 Å². The minimum Gasteiger partial charge on any atom is -0.377 e. The first kappa shape index (κ1) is 18.0. The van der Waals surface area contributed by atoms with Gasteiger partial charge in [-0.2, -0.15) is 0 Å². The van der Waals surface area contributed by atoms with Gasteiger partial charge in [0, 0.05) is 13.1 Å². The van der Waals surface area contributed by atoms with Crippen LogP contribution in [0.5, 0.6) is 0 Å². The maximum Gasteiger partial charge on any atom is 0.243 e. The van der Waals surface area contributed by atoms with Crippen molar-refractivity contribution in [3.05, 3.63) is 29.6 Å². The highest BCUT2D eigenvalue weighted by molar-refractivity contribution is 7.89. The van der Waals surface area contributed by atoms with Gasteiger partial charge in [0.1, 0.15) is 10.7 Å². The summed E-state index contributed by atoms with van der Waals surface area (Å²) in [5, 5.41) is 3.07. The van der Waals surface area contributed by atoms with Crippen molar-refractivity contribution in [2.45, 2.75) is 38.3 Å². The van der Waals surface area contributed by atoms with E-state index in [0.717, 1.165) is 12.1 Å². The molecule has 0 aromatic heterocycles. The number of hydrogen-bond donors (Lipinski definition) is 2. The fourth-order valence-electron chi connectivity index (χ4n) is 1.68. The smallest absolute Gasteiger partial charge is 0.243 e. The summed E-state index contributed by atoms with van der Waals surface area (Å²) in [7, 11) is -3.87. The predicted molar refractivity (Wildman–Crippen MR) is 80.1 cm³/mol. The van der Waals surface area contributed by atoms with Gasteiger partial charge in [0.2, 0.25) is 10.0 Å². The zero-order valence-corrected chi connectivity index (χ0v) is 13.5. The molecule has 0 heterocycles. The summed E-state index contributed by atoms with van der Waals surface area (Å²) in [5.41, 5.74) is 0.719. The molecule has 7 heteroatoms. The molecule has 1 aromatic carbocycles. The summed E-state index contributed by atoms with van der Waals surface area (Å²) in [5.74, 6) is -0.757. The van der Waals surface area contributed by atoms with E-state index >= 15 is 0 Å². The van der Waals surface area contributed by atoms with E-state index in [9.17, 15) is 12.8 Å². The Kier molecular flexibility index (Phi) is 7.24. The second-order valence-corrected chi connectivity index (χ2v) is 6.60. The van der Waals surface area contributed by atoms with Crippen LogP contribution in [0.1, 0.15) is 26.3 Å². The van der Waals surface area contributed by atoms with E-state index < -0.39 is 15.8 Å². The molecule has 1 rings (SSSR count). The summed E-state index contributed by atoms with van der Waals surface area (Å²) in [6.45, 7) is 7.27. The number of halogens is 1. The summed E-state index contributed by atoms with van der Waals surface area (Å²) in [6.07, 6.45) is 0.0229. The molecule has 0 spiro atoms. The van der Waals surface area contributed by atoms with Crippen LogP contribution in [0.2, 0.25) is 0 Å². The molecule has 0 amide bonds. The van der Waals surface area contributed by atoms with Gasteiger partial charge < -0.3 is 10.1 Å². The van der Waals surface area contributed by atoms with Crippen molar-refractivity contribution < 1.29 is 17.5 Å². The first-order valence-corrected chi connectivity index (χ1v) is 8.45. The van der Waals surface area contributed by atoms with Crippen molar-refractivity contribution in [2.24, 2.45) is 0 Å². The maximum atomic E-state index is 13.8. The fraction of sp³-hybridized carbons (Fsp3) is 0.571. The highest BCUT2D eigenvalue weighted by atomic mass is 32.2. The SMILES string of the molecule is CCNCc1ccc(F)c(S(=O)(=O)NCCOC(C)C)c1. The van der Waals surface area contributed by atoms with Crippen LogP contribution in [0.4, 0.5) is 4.39 Å². The Morgan fingerprint density at radius 3 is 2.67 bits per heavy atom. The summed E-state index contributed by atoms with van der Waals surface area (Å²) >= 11 is 0. The summed E-state index contributed by atoms with van der Waals surface area (Å²) in [4.78, 5) is -0.331. The van der Waals surface area contributed by atoms with Gasteiger partial charge in [-0.15, -0.1) is 0 Å². The van der Waals surface area contributed by atoms with Gasteiger partial charge in [0.15, 0.2) is 0 Å². The average Bonchev–Trinajstić information content (AvgIpc) is 2.42. The number of rotatable bonds is 9. The van der Waals surface area contributed by atoms with E-state index in [1.165, 1.54) is 12.1 Å². The number of sulfonamides is 1. The minimum absolute atomic E-state index is 0.0229. The van der Waals surface area contributed by atoms with E-state index in [1.54, 1.807) is 6.07 Å². The molecule has 0 aliphatic rings. The van der Waals surface area contributed by atoms with Crippen molar-refractivity contribution in [1.82, 2.24) is 10.0 Å². The molecule has 1 aromatic rings. The predicted octanol–water partition coefficient (Wildman–Crippen LogP) is 1.64. The van der Waals surface area contributed by atoms with Crippen LogP contribution in [0.25, 0.3) is 0 Å². The molecule has 0 bridgehead atoms. The van der Waals surface area contributed by atoms with E-state index in [2.05, 4.69) is 10.0 Å². The third kappa shape index (κ3) is 6.09. The molecule has 2 N–H and O–H groups in total. The van der Waals surface area contributed by atoms with E-state index in [0.29, 0.717) is 6.54 Å². The number of nitrogens with one attached hydrogen (secondary N) is 2. The number of hydrogen-bond acceptors (Lipinski definition) is 4. The van der Waals surface area contributed by atoms with Crippen molar-refractivity contribution in [2.75, 3.05) is 19.7 Å². The average molecular weight is 318 g/mol. The molecule has 0 radical (unpaired) electrons. The molecule has 0 aliphatic heterocycles. The molecule has 120 valence electrons. The first-order chi connectivity index (χ1) is 9.86. The second-order valence-electron chi connectivity index (χ2n) is 4.86. The van der Waals surface area contributed by atoms with Crippen molar-refractivity contribution >= 4 is 10.0 Å². The zero-order chi connectivity index (χ0) is 15.9. The lowest BCUT2D eigenvalue weighted by Gasteiger charge is -2.11. The molecule has 21 heavy (non-hydrogen) atoms. The second kappa shape index (κ2) is 8.43. The largest absolute Gasteiger partial charge is 0.377 e. The Bertz CT molecular complexity index is 547. The Balaban J connectivity index is 2.76. The van der Waals surface area contributed by atoms with Crippen LogP contribution in [0.3, 0.4) is 0 Å². The summed E-state index contributed by atoms with van der Waals surface area (Å²) in [6, 6.07) is 4.09. The highest BCUT2D eigenvalue weighted by Crippen LogP contribution is 2.16. The molecule has 0 saturated heterocycles. The number of ether oxygens (including phenoxy) is 1. The Hall–Kier alpha value is -1.02. The quantitative estimate of drug-likeness (QED) is 0.679. The van der Waals surface area contributed by atoms with Crippen LogP contribution in [0, 0.1) is 5.82 Å². The summed E-state index contributed by atoms with van der Waals surface area (Å²) < 4.78 is 45.5. The van der Waals surface area contributed by atoms with E-state index in [-0.39, 0.29) is 24.2 Å². The third-order valence-corrected chi connectivity index (χ3v) is 4.19. The Morgan fingerprint density at radius 1 is 1.33 bits per heavy atom. The molecule has 0 aliphatic carbocycles. The van der Waals surface area contributed by atoms with Crippen molar-refractivity contribution in [3.8, 4) is 0 Å². The molecule has 0 fully saturated rings. The standard InChI is InChI=1S/C14H23FN2O3S/c1-4-16-10-12-5-6-13(15)14(9-12)21(18,19)17-7-8-20-11(2)3/h5-6,9,11,16-17H,4,7-8,10H2,1-3H3. The molecule has 5 nitrogen and oxygen atoms in total. The Morgan fingerprint density at radius 2 is 2.05 bits per heavy atom. The normalized spacial score (nSPS) is 12.0. The molecule has 0 atom stereocenters. The van der Waals surface area contributed by atoms with Crippen molar-refractivity contribution in [3.63, 3.8) is 0 Å². The van der Waals surface area contributed by atoms with Gasteiger partial charge in [0.05, 0.1) is 12.7 Å². The van der Waals surface area contributed by atoms with Crippen LogP contribution in [-0.4, -0.2) is 34.2 Å². The zero-order valence-electron chi connectivity index (χ0n) is 12.6. The molecular formula is C14H23FN2O3S. The third-order valence-electron chi connectivity index (χ3n) is 2.71. The van der Waals surface area contributed by atoms with Gasteiger partial charge in [-0.05, 0) is 38.1 Å². The Labute approximate surface area is 125 Å². The lowest BCUT2D eigenvalue weighted by molar-refractivity contribution is 0.0834. The molecular weight excluding hydrogens is 295 g/mol. The first-order valence-electron chi connectivity index (χ1n) is 6.97. The fourth-order valence-corrected chi connectivity index (χ4v) is 2.82. The van der Waals surface area contributed by atoms with Crippen LogP contribution >= 0.6 is 0 Å². The van der Waals surface area contributed by atoms with Crippen molar-refractivity contribution in [1.29, 1.82) is 0 Å². The van der Waals surface area contributed by atoms with Crippen LogP contribution in [0.15, 0.2) is 23.1 Å². The minimum atomic E-state index is -3.87. The van der Waals surface area contributed by atoms with E-state index in [4.69, 9.17) is 4.74 Å². The molecule has 0 unspecified atom stereocenters. The molecule has 0 saturated carbocycles. The van der Waals surface area contributed by atoms with Crippen LogP contribution < -0.4 is 10.0 Å². The van der Waals surface area contributed by atoms with Gasteiger partial charge in [0.25, 0.3) is 0 Å². The number of benzene rings is 1. The lowest BCUT2D eigenvalue weighted by Crippen LogP contribution is -2.29. The monoisotopic (exact) mass is 318 g/mol. The van der Waals surface area contributed by atoms with Gasteiger partial charge in [-0.3, -0.25) is 0 Å². The van der Waals surface area contributed by atoms with Gasteiger partial charge in [-0.25, -0.2) is 17.5 Å². The lowest BCUT2D eigenvalue weighted by atomic mass is 10.2. The van der Waals surface area contributed by atoms with E-state index in [1.807, 2.05) is 20.8 Å². The van der Waals surface area contributed by atoms with Gasteiger partial charge in [-0.1, -0.05) is 13.0 Å².